The maximum absolute atomic E-state index is 9.72. The van der Waals surface area contributed by atoms with Crippen LogP contribution >= 0.6 is 15.9 Å². The Kier molecular flexibility index (Phi) is 5.61. The van der Waals surface area contributed by atoms with E-state index in [9.17, 15) is 5.11 Å². The van der Waals surface area contributed by atoms with Gasteiger partial charge >= 0.3 is 0 Å². The van der Waals surface area contributed by atoms with Crippen LogP contribution < -0.4 is 5.73 Å². The Labute approximate surface area is 130 Å². The van der Waals surface area contributed by atoms with Crippen LogP contribution in [0.5, 0.6) is 0 Å². The first-order chi connectivity index (χ1) is 9.50. The second kappa shape index (κ2) is 7.03. The number of hydrogen-bond acceptors (Lipinski definition) is 3. The summed E-state index contributed by atoms with van der Waals surface area (Å²) in [5, 5.41) is 9.72. The molecule has 0 aliphatic carbocycles. The highest BCUT2D eigenvalue weighted by molar-refractivity contribution is 9.10. The van der Waals surface area contributed by atoms with E-state index in [-0.39, 0.29) is 18.2 Å². The molecule has 1 fully saturated rings. The molecule has 0 radical (unpaired) electrons. The van der Waals surface area contributed by atoms with Crippen LogP contribution in [-0.4, -0.2) is 35.2 Å². The average Bonchev–Trinajstić information content (AvgIpc) is 2.41. The minimum atomic E-state index is -0.200. The monoisotopic (exact) mass is 340 g/mol. The fourth-order valence-electron chi connectivity index (χ4n) is 3.21. The van der Waals surface area contributed by atoms with Gasteiger partial charge in [0.1, 0.15) is 0 Å². The molecule has 0 saturated carbocycles. The topological polar surface area (TPSA) is 49.5 Å². The van der Waals surface area contributed by atoms with Crippen LogP contribution in [0.3, 0.4) is 0 Å². The quantitative estimate of drug-likeness (QED) is 0.885. The van der Waals surface area contributed by atoms with Crippen molar-refractivity contribution < 1.29 is 5.11 Å². The molecule has 0 bridgehead atoms. The van der Waals surface area contributed by atoms with Crippen molar-refractivity contribution in [1.29, 1.82) is 0 Å². The summed E-state index contributed by atoms with van der Waals surface area (Å²) in [6.07, 6.45) is 1.89. The lowest BCUT2D eigenvalue weighted by Crippen LogP contribution is -2.45. The summed E-state index contributed by atoms with van der Waals surface area (Å²) in [7, 11) is 0. The maximum atomic E-state index is 9.72. The number of likely N-dealkylation sites (tertiary alicyclic amines) is 1. The van der Waals surface area contributed by atoms with Crippen LogP contribution in [0.2, 0.25) is 0 Å². The molecule has 1 aliphatic heterocycles. The third kappa shape index (κ3) is 3.61. The predicted molar refractivity (Wildman–Crippen MR) is 86.5 cm³/mol. The van der Waals surface area contributed by atoms with E-state index >= 15 is 0 Å². The molecule has 1 aliphatic rings. The molecular formula is C16H25BrN2O. The van der Waals surface area contributed by atoms with E-state index in [2.05, 4.69) is 46.0 Å². The Morgan fingerprint density at radius 3 is 2.35 bits per heavy atom. The Morgan fingerprint density at radius 1 is 1.25 bits per heavy atom. The molecule has 3 atom stereocenters. The Bertz CT molecular complexity index is 428. The van der Waals surface area contributed by atoms with Gasteiger partial charge in [-0.25, -0.2) is 0 Å². The molecule has 0 aromatic heterocycles. The third-order valence-electron chi connectivity index (χ3n) is 4.37. The first-order valence-electron chi connectivity index (χ1n) is 7.43. The van der Waals surface area contributed by atoms with Crippen LogP contribution in [0.15, 0.2) is 28.7 Å². The lowest BCUT2D eigenvalue weighted by molar-refractivity contribution is 0.0510. The molecule has 1 aromatic rings. The molecule has 0 amide bonds. The average molecular weight is 341 g/mol. The van der Waals surface area contributed by atoms with Gasteiger partial charge in [0.15, 0.2) is 0 Å². The first-order valence-corrected chi connectivity index (χ1v) is 8.22. The number of benzene rings is 1. The van der Waals surface area contributed by atoms with Gasteiger partial charge in [0, 0.05) is 10.5 Å². The molecule has 4 heteroatoms. The van der Waals surface area contributed by atoms with Crippen molar-refractivity contribution in [3.05, 3.63) is 34.3 Å². The summed E-state index contributed by atoms with van der Waals surface area (Å²) in [5.74, 6) is 0.430. The lowest BCUT2D eigenvalue weighted by atomic mass is 9.89. The summed E-state index contributed by atoms with van der Waals surface area (Å²) in [6, 6.07) is 8.65. The second-order valence-corrected chi connectivity index (χ2v) is 6.79. The summed E-state index contributed by atoms with van der Waals surface area (Å²) in [5.41, 5.74) is 7.51. The largest absolute Gasteiger partial charge is 0.393 e. The normalized spacial score (nSPS) is 22.4. The number of aliphatic hydroxyl groups is 1. The van der Waals surface area contributed by atoms with Crippen molar-refractivity contribution in [3.8, 4) is 0 Å². The van der Waals surface area contributed by atoms with Gasteiger partial charge in [-0.2, -0.15) is 0 Å². The van der Waals surface area contributed by atoms with Crippen LogP contribution in [0.4, 0.5) is 0 Å². The molecule has 1 saturated heterocycles. The number of rotatable bonds is 4. The molecule has 2 rings (SSSR count). The second-order valence-electron chi connectivity index (χ2n) is 5.94. The number of halogens is 1. The van der Waals surface area contributed by atoms with Gasteiger partial charge in [0.2, 0.25) is 0 Å². The third-order valence-corrected chi connectivity index (χ3v) is 5.09. The molecule has 112 valence electrons. The summed E-state index contributed by atoms with van der Waals surface area (Å²) < 4.78 is 1.12. The molecule has 3 nitrogen and oxygen atoms in total. The standard InChI is InChI=1S/C16H25BrN2O/c1-11(18)16(14-5-3-4-6-15(14)17)19-9-7-13(8-10-19)12(2)20/h3-6,11-13,16,20H,7-10,18H2,1-2H3. The zero-order valence-corrected chi connectivity index (χ0v) is 13.9. The molecule has 1 heterocycles. The molecule has 20 heavy (non-hydrogen) atoms. The van der Waals surface area contributed by atoms with E-state index in [1.165, 1.54) is 5.56 Å². The Balaban J connectivity index is 2.13. The molecule has 1 aromatic carbocycles. The highest BCUT2D eigenvalue weighted by Gasteiger charge is 2.30. The van der Waals surface area contributed by atoms with Crippen LogP contribution in [0, 0.1) is 5.92 Å². The van der Waals surface area contributed by atoms with Gasteiger partial charge in [0.25, 0.3) is 0 Å². The van der Waals surface area contributed by atoms with Crippen molar-refractivity contribution in [2.45, 2.75) is 44.9 Å². The molecule has 3 unspecified atom stereocenters. The predicted octanol–water partition coefficient (Wildman–Crippen LogP) is 2.93. The van der Waals surface area contributed by atoms with Gasteiger partial charge in [-0.1, -0.05) is 34.1 Å². The van der Waals surface area contributed by atoms with Crippen molar-refractivity contribution >= 4 is 15.9 Å². The van der Waals surface area contributed by atoms with E-state index in [0.717, 1.165) is 30.4 Å². The van der Waals surface area contributed by atoms with Gasteiger partial charge in [-0.05, 0) is 57.3 Å². The minimum Gasteiger partial charge on any atom is -0.393 e. The molecular weight excluding hydrogens is 316 g/mol. The zero-order chi connectivity index (χ0) is 14.7. The molecule has 3 N–H and O–H groups in total. The van der Waals surface area contributed by atoms with Crippen LogP contribution in [-0.2, 0) is 0 Å². The Morgan fingerprint density at radius 2 is 1.85 bits per heavy atom. The minimum absolute atomic E-state index is 0.0804. The van der Waals surface area contributed by atoms with Gasteiger partial charge in [-0.3, -0.25) is 4.90 Å². The van der Waals surface area contributed by atoms with E-state index in [1.807, 2.05) is 13.0 Å². The number of hydrogen-bond donors (Lipinski definition) is 2. The smallest absolute Gasteiger partial charge is 0.0541 e. The van der Waals surface area contributed by atoms with E-state index < -0.39 is 0 Å². The van der Waals surface area contributed by atoms with Crippen LogP contribution in [0.1, 0.15) is 38.3 Å². The highest BCUT2D eigenvalue weighted by Crippen LogP contribution is 2.33. The SMILES string of the molecule is CC(N)C(c1ccccc1Br)N1CCC(C(C)O)CC1. The first kappa shape index (κ1) is 16.0. The van der Waals surface area contributed by atoms with Crippen molar-refractivity contribution in [1.82, 2.24) is 4.90 Å². The molecule has 0 spiro atoms. The maximum Gasteiger partial charge on any atom is 0.0541 e. The van der Waals surface area contributed by atoms with E-state index in [4.69, 9.17) is 5.73 Å². The zero-order valence-electron chi connectivity index (χ0n) is 12.3. The van der Waals surface area contributed by atoms with Crippen molar-refractivity contribution in [2.75, 3.05) is 13.1 Å². The summed E-state index contributed by atoms with van der Waals surface area (Å²) in [6.45, 7) is 5.98. The number of piperidine rings is 1. The number of aliphatic hydroxyl groups excluding tert-OH is 1. The van der Waals surface area contributed by atoms with Gasteiger partial charge in [0.05, 0.1) is 12.1 Å². The summed E-state index contributed by atoms with van der Waals surface area (Å²) in [4.78, 5) is 2.46. The van der Waals surface area contributed by atoms with E-state index in [1.54, 1.807) is 0 Å². The van der Waals surface area contributed by atoms with Gasteiger partial charge in [-0.15, -0.1) is 0 Å². The summed E-state index contributed by atoms with van der Waals surface area (Å²) >= 11 is 3.64. The Hall–Kier alpha value is -0.420. The fraction of sp³-hybridized carbons (Fsp3) is 0.625. The lowest BCUT2D eigenvalue weighted by Gasteiger charge is -2.40. The van der Waals surface area contributed by atoms with E-state index in [0.29, 0.717) is 5.92 Å². The highest BCUT2D eigenvalue weighted by atomic mass is 79.9. The van der Waals surface area contributed by atoms with Crippen molar-refractivity contribution in [2.24, 2.45) is 11.7 Å². The van der Waals surface area contributed by atoms with Crippen molar-refractivity contribution in [3.63, 3.8) is 0 Å². The van der Waals surface area contributed by atoms with Gasteiger partial charge < -0.3 is 10.8 Å². The number of nitrogens with two attached hydrogens (primary N) is 1. The van der Waals surface area contributed by atoms with Crippen LogP contribution in [0.25, 0.3) is 0 Å². The number of nitrogens with zero attached hydrogens (tertiary/aromatic N) is 1. The fourth-order valence-corrected chi connectivity index (χ4v) is 3.73.